The van der Waals surface area contributed by atoms with Gasteiger partial charge in [-0.3, -0.25) is 4.90 Å². The molecule has 0 bridgehead atoms. The van der Waals surface area contributed by atoms with Gasteiger partial charge in [0.25, 0.3) is 0 Å². The number of halogens is 3. The number of carbonyl (C=O) groups is 2. The minimum absolute atomic E-state index is 0.159. The van der Waals surface area contributed by atoms with E-state index in [4.69, 9.17) is 21.1 Å². The summed E-state index contributed by atoms with van der Waals surface area (Å²) in [5.41, 5.74) is -1.21. The zero-order valence-electron chi connectivity index (χ0n) is 18.4. The van der Waals surface area contributed by atoms with Crippen molar-refractivity contribution < 1.29 is 23.5 Å². The van der Waals surface area contributed by atoms with Crippen molar-refractivity contribution in [1.82, 2.24) is 9.80 Å². The molecule has 2 atom stereocenters. The van der Waals surface area contributed by atoms with E-state index in [2.05, 4.69) is 15.9 Å². The highest BCUT2D eigenvalue weighted by Gasteiger charge is 2.43. The van der Waals surface area contributed by atoms with E-state index < -0.39 is 41.3 Å². The maximum Gasteiger partial charge on any atom is 0.410 e. The highest BCUT2D eigenvalue weighted by Crippen LogP contribution is 2.38. The number of hydrogen-bond donors (Lipinski definition) is 0. The lowest BCUT2D eigenvalue weighted by Gasteiger charge is -2.46. The number of rotatable bonds is 1. The summed E-state index contributed by atoms with van der Waals surface area (Å²) < 4.78 is 26.3. The Morgan fingerprint density at radius 1 is 1.03 bits per heavy atom. The van der Waals surface area contributed by atoms with Crippen LogP contribution in [-0.4, -0.2) is 52.3 Å². The molecule has 2 amide bonds. The highest BCUT2D eigenvalue weighted by atomic mass is 79.9. The molecule has 168 valence electrons. The summed E-state index contributed by atoms with van der Waals surface area (Å²) in [5.74, 6) is -0.546. The van der Waals surface area contributed by atoms with E-state index >= 15 is 4.39 Å². The van der Waals surface area contributed by atoms with E-state index in [9.17, 15) is 9.59 Å². The van der Waals surface area contributed by atoms with Gasteiger partial charge in [-0.2, -0.15) is 0 Å². The summed E-state index contributed by atoms with van der Waals surface area (Å²) in [5, 5.41) is 0.309. The Hall–Kier alpha value is -1.54. The molecule has 1 aromatic carbocycles. The molecule has 0 N–H and O–H groups in total. The van der Waals surface area contributed by atoms with Crippen molar-refractivity contribution in [1.29, 1.82) is 0 Å². The molecule has 1 aliphatic rings. The van der Waals surface area contributed by atoms with Crippen molar-refractivity contribution in [3.05, 3.63) is 33.0 Å². The third kappa shape index (κ3) is 6.00. The lowest BCUT2D eigenvalue weighted by Crippen LogP contribution is -2.58. The first-order chi connectivity index (χ1) is 13.6. The minimum atomic E-state index is -0.809. The summed E-state index contributed by atoms with van der Waals surface area (Å²) in [6.45, 7) is 12.7. The van der Waals surface area contributed by atoms with Crippen molar-refractivity contribution in [2.45, 2.75) is 71.8 Å². The second kappa shape index (κ2) is 8.91. The van der Waals surface area contributed by atoms with Gasteiger partial charge in [-0.05, 0) is 76.5 Å². The van der Waals surface area contributed by atoms with Crippen LogP contribution in [0.15, 0.2) is 16.6 Å². The predicted octanol–water partition coefficient (Wildman–Crippen LogP) is 6.16. The van der Waals surface area contributed by atoms with E-state index in [0.717, 1.165) is 0 Å². The van der Waals surface area contributed by atoms with Gasteiger partial charge < -0.3 is 14.4 Å². The van der Waals surface area contributed by atoms with Crippen LogP contribution < -0.4 is 0 Å². The smallest absolute Gasteiger partial charge is 0.410 e. The largest absolute Gasteiger partial charge is 0.444 e. The number of hydrogen-bond acceptors (Lipinski definition) is 4. The topological polar surface area (TPSA) is 59.1 Å². The third-order valence-electron chi connectivity index (χ3n) is 4.46. The van der Waals surface area contributed by atoms with Crippen LogP contribution in [0, 0.1) is 5.82 Å². The Balaban J connectivity index is 2.49. The third-order valence-corrected chi connectivity index (χ3v) is 5.26. The molecule has 1 aromatic rings. The van der Waals surface area contributed by atoms with Crippen molar-refractivity contribution >= 4 is 39.7 Å². The van der Waals surface area contributed by atoms with Gasteiger partial charge in [0.2, 0.25) is 0 Å². The summed E-state index contributed by atoms with van der Waals surface area (Å²) in [6, 6.07) is 1.52. The lowest BCUT2D eigenvalue weighted by molar-refractivity contribution is -0.0318. The molecular formula is C21H29BrClFN2O4. The Morgan fingerprint density at radius 3 is 2.00 bits per heavy atom. The molecule has 0 spiro atoms. The normalized spacial score (nSPS) is 20.2. The van der Waals surface area contributed by atoms with Gasteiger partial charge in [-0.1, -0.05) is 11.6 Å². The van der Waals surface area contributed by atoms with Crippen LogP contribution in [0.4, 0.5) is 14.0 Å². The van der Waals surface area contributed by atoms with Crippen molar-refractivity contribution in [3.8, 4) is 0 Å². The Kier molecular flexibility index (Phi) is 7.34. The van der Waals surface area contributed by atoms with Crippen LogP contribution in [-0.2, 0) is 9.47 Å². The van der Waals surface area contributed by atoms with Crippen LogP contribution in [0.1, 0.15) is 60.1 Å². The number of ether oxygens (including phenoxy) is 2. The van der Waals surface area contributed by atoms with Crippen LogP contribution in [0.3, 0.4) is 0 Å². The fourth-order valence-electron chi connectivity index (χ4n) is 3.31. The fourth-order valence-corrected chi connectivity index (χ4v) is 4.15. The number of nitrogens with zero attached hydrogens (tertiary/aromatic N) is 2. The minimum Gasteiger partial charge on any atom is -0.444 e. The molecule has 1 aliphatic heterocycles. The van der Waals surface area contributed by atoms with Gasteiger partial charge in [0.15, 0.2) is 0 Å². The standard InChI is InChI=1S/C21H29BrClFN2O4/c1-12-17(14-10-13(23)11-15(22)16(14)24)26(19(28)30-21(5,6)7)9-8-25(12)18(27)29-20(2,3)4/h10-12,17H,8-9H2,1-7H3/t12-,17-/m0/s1. The molecule has 0 aliphatic carbocycles. The number of benzene rings is 1. The Labute approximate surface area is 190 Å². The van der Waals surface area contributed by atoms with Crippen LogP contribution in [0.25, 0.3) is 0 Å². The molecule has 6 nitrogen and oxygen atoms in total. The van der Waals surface area contributed by atoms with Crippen molar-refractivity contribution in [3.63, 3.8) is 0 Å². The zero-order chi connectivity index (χ0) is 23.0. The quantitative estimate of drug-likeness (QED) is 0.427. The molecule has 1 saturated heterocycles. The van der Waals surface area contributed by atoms with Crippen LogP contribution in [0.5, 0.6) is 0 Å². The highest BCUT2D eigenvalue weighted by molar-refractivity contribution is 9.10. The van der Waals surface area contributed by atoms with Gasteiger partial charge in [0, 0.05) is 23.7 Å². The average molecular weight is 508 g/mol. The zero-order valence-corrected chi connectivity index (χ0v) is 20.7. The number of amides is 2. The van der Waals surface area contributed by atoms with E-state index in [1.807, 2.05) is 0 Å². The summed E-state index contributed by atoms with van der Waals surface area (Å²) in [6.07, 6.45) is -1.11. The first-order valence-corrected chi connectivity index (χ1v) is 10.9. The van der Waals surface area contributed by atoms with Gasteiger partial charge in [-0.25, -0.2) is 14.0 Å². The van der Waals surface area contributed by atoms with Gasteiger partial charge in [-0.15, -0.1) is 0 Å². The molecule has 1 fully saturated rings. The monoisotopic (exact) mass is 506 g/mol. The maximum atomic E-state index is 15.1. The van der Waals surface area contributed by atoms with Gasteiger partial charge >= 0.3 is 12.2 Å². The maximum absolute atomic E-state index is 15.1. The van der Waals surface area contributed by atoms with E-state index in [1.165, 1.54) is 21.9 Å². The molecule has 0 saturated carbocycles. The van der Waals surface area contributed by atoms with Crippen LogP contribution >= 0.6 is 27.5 Å². The Bertz CT molecular complexity index is 822. The molecule has 1 heterocycles. The van der Waals surface area contributed by atoms with Crippen LogP contribution in [0.2, 0.25) is 5.02 Å². The molecule has 2 rings (SSSR count). The first-order valence-electron chi connectivity index (χ1n) is 9.74. The molecular weight excluding hydrogens is 479 g/mol. The molecule has 0 aromatic heterocycles. The molecule has 0 unspecified atom stereocenters. The van der Waals surface area contributed by atoms with E-state index in [1.54, 1.807) is 48.5 Å². The SMILES string of the molecule is C[C@H]1[C@@H](c2cc(Cl)cc(Br)c2F)N(C(=O)OC(C)(C)C)CCN1C(=O)OC(C)(C)C. The molecule has 9 heteroatoms. The summed E-state index contributed by atoms with van der Waals surface area (Å²) >= 11 is 9.35. The molecule has 30 heavy (non-hydrogen) atoms. The first kappa shape index (κ1) is 24.7. The average Bonchev–Trinajstić information content (AvgIpc) is 2.54. The van der Waals surface area contributed by atoms with Gasteiger partial charge in [0.1, 0.15) is 17.0 Å². The van der Waals surface area contributed by atoms with Gasteiger partial charge in [0.05, 0.1) is 16.6 Å². The second-order valence-corrected chi connectivity index (χ2v) is 10.6. The predicted molar refractivity (Wildman–Crippen MR) is 117 cm³/mol. The fraction of sp³-hybridized carbons (Fsp3) is 0.619. The lowest BCUT2D eigenvalue weighted by atomic mass is 9.95. The number of carbonyl (C=O) groups excluding carboxylic acids is 2. The second-order valence-electron chi connectivity index (χ2n) is 9.32. The summed E-state index contributed by atoms with van der Waals surface area (Å²) in [4.78, 5) is 28.6. The van der Waals surface area contributed by atoms with Crippen molar-refractivity contribution in [2.24, 2.45) is 0 Å². The van der Waals surface area contributed by atoms with E-state index in [-0.39, 0.29) is 23.1 Å². The van der Waals surface area contributed by atoms with Crippen molar-refractivity contribution in [2.75, 3.05) is 13.1 Å². The van der Waals surface area contributed by atoms with E-state index in [0.29, 0.717) is 5.02 Å². The molecule has 0 radical (unpaired) electrons. The Morgan fingerprint density at radius 2 is 1.50 bits per heavy atom. The summed E-state index contributed by atoms with van der Waals surface area (Å²) in [7, 11) is 0. The number of piperazine rings is 1.